The van der Waals surface area contributed by atoms with Gasteiger partial charge < -0.3 is 9.15 Å². The van der Waals surface area contributed by atoms with Crippen molar-refractivity contribution < 1.29 is 22.7 Å². The van der Waals surface area contributed by atoms with Crippen LogP contribution in [0.2, 0.25) is 0 Å². The second kappa shape index (κ2) is 6.53. The number of ether oxygens (including phenoxy) is 1. The molecule has 3 aromatic rings. The van der Waals surface area contributed by atoms with Crippen molar-refractivity contribution in [1.29, 1.82) is 0 Å². The van der Waals surface area contributed by atoms with Crippen molar-refractivity contribution in [2.45, 2.75) is 6.43 Å². The average molecular weight is 337 g/mol. The molecule has 3 rings (SSSR count). The molecule has 0 saturated heterocycles. The predicted molar refractivity (Wildman–Crippen MR) is 78.0 cm³/mol. The number of hydrogen-bond donors (Lipinski definition) is 1. The van der Waals surface area contributed by atoms with Crippen molar-refractivity contribution in [2.75, 3.05) is 5.32 Å². The third-order valence-corrected chi connectivity index (χ3v) is 3.46. The zero-order valence-corrected chi connectivity index (χ0v) is 12.2. The number of amides is 1. The van der Waals surface area contributed by atoms with E-state index in [2.05, 4.69) is 15.5 Å². The molecule has 23 heavy (non-hydrogen) atoms. The van der Waals surface area contributed by atoms with Crippen molar-refractivity contribution in [3.63, 3.8) is 0 Å². The molecular weight excluding hydrogens is 328 g/mol. The Balaban J connectivity index is 1.66. The number of carbonyl (C=O) groups excluding carboxylic acids is 1. The van der Waals surface area contributed by atoms with E-state index in [4.69, 9.17) is 9.15 Å². The fourth-order valence-electron chi connectivity index (χ4n) is 1.63. The monoisotopic (exact) mass is 337 g/mol. The summed E-state index contributed by atoms with van der Waals surface area (Å²) in [5.74, 6) is 0.0148. The first kappa shape index (κ1) is 15.1. The normalized spacial score (nSPS) is 10.7. The van der Waals surface area contributed by atoms with E-state index in [0.29, 0.717) is 17.1 Å². The number of nitrogens with one attached hydrogen (secondary N) is 1. The quantitative estimate of drug-likeness (QED) is 0.758. The van der Waals surface area contributed by atoms with Gasteiger partial charge in [-0.05, 0) is 18.2 Å². The number of halogens is 2. The van der Waals surface area contributed by atoms with Crippen molar-refractivity contribution >= 4 is 22.4 Å². The van der Waals surface area contributed by atoms with Gasteiger partial charge in [0.25, 0.3) is 18.3 Å². The zero-order valence-electron chi connectivity index (χ0n) is 11.4. The Morgan fingerprint density at radius 2 is 1.96 bits per heavy atom. The lowest BCUT2D eigenvalue weighted by atomic mass is 10.3. The van der Waals surface area contributed by atoms with Crippen molar-refractivity contribution in [2.24, 2.45) is 0 Å². The fourth-order valence-corrected chi connectivity index (χ4v) is 2.23. The third-order valence-electron chi connectivity index (χ3n) is 2.61. The number of alkyl halides is 2. The number of benzene rings is 1. The molecule has 0 spiro atoms. The summed E-state index contributed by atoms with van der Waals surface area (Å²) in [7, 11) is 0. The largest absolute Gasteiger partial charge is 0.426 e. The van der Waals surface area contributed by atoms with Crippen LogP contribution in [-0.4, -0.2) is 16.1 Å². The van der Waals surface area contributed by atoms with E-state index in [9.17, 15) is 13.6 Å². The van der Waals surface area contributed by atoms with Gasteiger partial charge in [0.2, 0.25) is 5.13 Å². The highest BCUT2D eigenvalue weighted by molar-refractivity contribution is 7.15. The van der Waals surface area contributed by atoms with Crippen LogP contribution in [0.5, 0.6) is 11.7 Å². The topological polar surface area (TPSA) is 77.2 Å². The molecule has 2 aromatic heterocycles. The number of hydrogen-bond acceptors (Lipinski definition) is 6. The Hall–Kier alpha value is -2.81. The standard InChI is InChI=1S/C14H9F2N3O3S/c15-11(16)13-18-19-14(23-13)17-12(20)9-6-7-10(22-9)21-8-4-2-1-3-5-8/h1-7,11H,(H,17,19,20). The molecule has 9 heteroatoms. The molecule has 0 bridgehead atoms. The minimum atomic E-state index is -2.73. The van der Waals surface area contributed by atoms with Crippen LogP contribution in [0.25, 0.3) is 0 Å². The van der Waals surface area contributed by atoms with E-state index in [1.807, 2.05) is 6.07 Å². The molecule has 1 amide bonds. The maximum Gasteiger partial charge on any atom is 0.293 e. The van der Waals surface area contributed by atoms with Crippen molar-refractivity contribution in [3.8, 4) is 11.7 Å². The molecule has 118 valence electrons. The molecule has 0 unspecified atom stereocenters. The van der Waals surface area contributed by atoms with Crippen LogP contribution < -0.4 is 10.1 Å². The number of aromatic nitrogens is 2. The summed E-state index contributed by atoms with van der Waals surface area (Å²) < 4.78 is 35.5. The maximum atomic E-state index is 12.4. The lowest BCUT2D eigenvalue weighted by Crippen LogP contribution is -2.10. The van der Waals surface area contributed by atoms with E-state index in [-0.39, 0.29) is 16.8 Å². The van der Waals surface area contributed by atoms with E-state index < -0.39 is 17.3 Å². The van der Waals surface area contributed by atoms with Crippen LogP contribution in [0.4, 0.5) is 13.9 Å². The lowest BCUT2D eigenvalue weighted by Gasteiger charge is -2.01. The Morgan fingerprint density at radius 1 is 1.17 bits per heavy atom. The van der Waals surface area contributed by atoms with Crippen LogP contribution >= 0.6 is 11.3 Å². The summed E-state index contributed by atoms with van der Waals surface area (Å²) in [4.78, 5) is 11.9. The Kier molecular flexibility index (Phi) is 4.29. The Bertz CT molecular complexity index is 804. The van der Waals surface area contributed by atoms with Gasteiger partial charge in [-0.25, -0.2) is 8.78 Å². The molecule has 6 nitrogen and oxygen atoms in total. The fraction of sp³-hybridized carbons (Fsp3) is 0.0714. The Labute approximate surface area is 132 Å². The molecule has 0 aliphatic heterocycles. The van der Waals surface area contributed by atoms with Gasteiger partial charge in [-0.3, -0.25) is 10.1 Å². The minimum Gasteiger partial charge on any atom is -0.426 e. The number of carbonyl (C=O) groups is 1. The van der Waals surface area contributed by atoms with E-state index in [1.165, 1.54) is 12.1 Å². The second-order valence-corrected chi connectivity index (χ2v) is 5.24. The van der Waals surface area contributed by atoms with Crippen LogP contribution in [0.15, 0.2) is 46.9 Å². The zero-order chi connectivity index (χ0) is 16.2. The molecule has 2 heterocycles. The summed E-state index contributed by atoms with van der Waals surface area (Å²) in [6.45, 7) is 0. The number of rotatable bonds is 5. The van der Waals surface area contributed by atoms with Gasteiger partial charge in [0.05, 0.1) is 0 Å². The van der Waals surface area contributed by atoms with Gasteiger partial charge in [0, 0.05) is 6.07 Å². The molecule has 0 atom stereocenters. The molecule has 1 aromatic carbocycles. The highest BCUT2D eigenvalue weighted by Crippen LogP contribution is 2.27. The molecule has 0 radical (unpaired) electrons. The minimum absolute atomic E-state index is 0.0350. The first-order valence-electron chi connectivity index (χ1n) is 6.37. The van der Waals surface area contributed by atoms with Gasteiger partial charge in [0.1, 0.15) is 5.75 Å². The van der Waals surface area contributed by atoms with E-state index >= 15 is 0 Å². The Morgan fingerprint density at radius 3 is 2.65 bits per heavy atom. The highest BCUT2D eigenvalue weighted by Gasteiger charge is 2.18. The van der Waals surface area contributed by atoms with Gasteiger partial charge in [0.15, 0.2) is 10.8 Å². The number of furan rings is 1. The van der Waals surface area contributed by atoms with Gasteiger partial charge in [-0.1, -0.05) is 29.5 Å². The maximum absolute atomic E-state index is 12.4. The number of para-hydroxylation sites is 1. The predicted octanol–water partition coefficient (Wildman–Crippen LogP) is 4.11. The molecule has 0 saturated carbocycles. The van der Waals surface area contributed by atoms with Crippen LogP contribution in [0.1, 0.15) is 22.0 Å². The summed E-state index contributed by atoms with van der Waals surface area (Å²) in [6, 6.07) is 11.8. The second-order valence-electron chi connectivity index (χ2n) is 4.23. The summed E-state index contributed by atoms with van der Waals surface area (Å²) in [6.07, 6.45) is -2.73. The van der Waals surface area contributed by atoms with Crippen molar-refractivity contribution in [1.82, 2.24) is 10.2 Å². The number of nitrogens with zero attached hydrogens (tertiary/aromatic N) is 2. The van der Waals surface area contributed by atoms with Gasteiger partial charge in [-0.2, -0.15) is 0 Å². The third kappa shape index (κ3) is 3.69. The van der Waals surface area contributed by atoms with Gasteiger partial charge >= 0.3 is 0 Å². The molecular formula is C14H9F2N3O3S. The summed E-state index contributed by atoms with van der Waals surface area (Å²) in [5.41, 5.74) is 0. The van der Waals surface area contributed by atoms with E-state index in [1.54, 1.807) is 24.3 Å². The highest BCUT2D eigenvalue weighted by atomic mass is 32.1. The van der Waals surface area contributed by atoms with Crippen LogP contribution in [0, 0.1) is 0 Å². The van der Waals surface area contributed by atoms with Crippen molar-refractivity contribution in [3.05, 3.63) is 53.2 Å². The van der Waals surface area contributed by atoms with E-state index in [0.717, 1.165) is 0 Å². The molecule has 0 aliphatic carbocycles. The molecule has 1 N–H and O–H groups in total. The summed E-state index contributed by atoms with van der Waals surface area (Å²) in [5, 5.41) is 8.57. The average Bonchev–Trinajstić information content (AvgIpc) is 3.18. The summed E-state index contributed by atoms with van der Waals surface area (Å²) >= 11 is 0.596. The number of anilines is 1. The first-order valence-corrected chi connectivity index (χ1v) is 7.19. The van der Waals surface area contributed by atoms with Gasteiger partial charge in [-0.15, -0.1) is 10.2 Å². The SMILES string of the molecule is O=C(Nc1nnc(C(F)F)s1)c1ccc(Oc2ccccc2)o1. The lowest BCUT2D eigenvalue weighted by molar-refractivity contribution is 0.0991. The van der Waals surface area contributed by atoms with Crippen LogP contribution in [-0.2, 0) is 0 Å². The molecule has 0 fully saturated rings. The van der Waals surface area contributed by atoms with Crippen LogP contribution in [0.3, 0.4) is 0 Å². The smallest absolute Gasteiger partial charge is 0.293 e. The first-order chi connectivity index (χ1) is 11.1. The molecule has 0 aliphatic rings.